The fraction of sp³-hybridized carbons (Fsp3) is 0.458. The van der Waals surface area contributed by atoms with Crippen molar-refractivity contribution in [2.75, 3.05) is 5.32 Å². The number of anilines is 1. The molecule has 1 atom stereocenters. The Morgan fingerprint density at radius 2 is 1.52 bits per heavy atom. The lowest BCUT2D eigenvalue weighted by molar-refractivity contribution is -0.122. The van der Waals surface area contributed by atoms with Crippen LogP contribution in [-0.2, 0) is 23.1 Å². The second-order valence-electron chi connectivity index (χ2n) is 7.94. The van der Waals surface area contributed by atoms with Crippen molar-refractivity contribution in [3.8, 4) is 5.75 Å². The van der Waals surface area contributed by atoms with Crippen LogP contribution in [0.1, 0.15) is 64.7 Å². The van der Waals surface area contributed by atoms with Crippen LogP contribution in [0.4, 0.5) is 5.69 Å². The molecule has 146 valence electrons. The van der Waals surface area contributed by atoms with Gasteiger partial charge in [-0.3, -0.25) is 4.79 Å². The van der Waals surface area contributed by atoms with Gasteiger partial charge < -0.3 is 10.1 Å². The van der Waals surface area contributed by atoms with Crippen LogP contribution < -0.4 is 10.1 Å². The molecule has 0 aliphatic carbocycles. The van der Waals surface area contributed by atoms with Crippen molar-refractivity contribution in [2.45, 2.75) is 72.3 Å². The normalized spacial score (nSPS) is 12.5. The highest BCUT2D eigenvalue weighted by atomic mass is 16.5. The molecule has 27 heavy (non-hydrogen) atoms. The molecule has 0 unspecified atom stereocenters. The lowest BCUT2D eigenvalue weighted by Gasteiger charge is -2.22. The summed E-state index contributed by atoms with van der Waals surface area (Å²) in [6.07, 6.45) is 1.87. The number of carbonyl (C=O) groups is 1. The Labute approximate surface area is 164 Å². The molecule has 3 nitrogen and oxygen atoms in total. The van der Waals surface area contributed by atoms with Gasteiger partial charge in [0.2, 0.25) is 0 Å². The number of nitrogens with one attached hydrogen (secondary N) is 1. The van der Waals surface area contributed by atoms with Gasteiger partial charge in [0.05, 0.1) is 0 Å². The molecule has 0 bridgehead atoms. The van der Waals surface area contributed by atoms with Crippen molar-refractivity contribution in [1.29, 1.82) is 0 Å². The highest BCUT2D eigenvalue weighted by Crippen LogP contribution is 2.26. The number of benzene rings is 2. The standard InChI is InChI=1S/C24H33NO2/c1-7-17-11-10-12-18(8-2)22(17)25-23(26)21(9-3)27-20-15-13-19(14-16-20)24(4,5)6/h10-16,21H,7-9H2,1-6H3,(H,25,26)/t21-/m1/s1. The zero-order valence-corrected chi connectivity index (χ0v) is 17.6. The molecule has 0 aromatic heterocycles. The van der Waals surface area contributed by atoms with Crippen LogP contribution in [0.2, 0.25) is 0 Å². The third-order valence-corrected chi connectivity index (χ3v) is 4.91. The summed E-state index contributed by atoms with van der Waals surface area (Å²) in [5.41, 5.74) is 4.61. The average molecular weight is 368 g/mol. The van der Waals surface area contributed by atoms with E-state index in [1.54, 1.807) is 0 Å². The Hall–Kier alpha value is -2.29. The first kappa shape index (κ1) is 21.0. The van der Waals surface area contributed by atoms with Gasteiger partial charge in [0, 0.05) is 5.69 Å². The summed E-state index contributed by atoms with van der Waals surface area (Å²) >= 11 is 0. The zero-order valence-electron chi connectivity index (χ0n) is 17.6. The predicted octanol–water partition coefficient (Wildman–Crippen LogP) is 5.91. The quantitative estimate of drug-likeness (QED) is 0.661. The minimum absolute atomic E-state index is 0.0898. The number of rotatable bonds is 7. The number of amides is 1. The molecule has 0 aliphatic rings. The van der Waals surface area contributed by atoms with Gasteiger partial charge >= 0.3 is 0 Å². The van der Waals surface area contributed by atoms with Gasteiger partial charge in [-0.25, -0.2) is 0 Å². The summed E-state index contributed by atoms with van der Waals surface area (Å²) in [5, 5.41) is 3.12. The minimum atomic E-state index is -0.514. The van der Waals surface area contributed by atoms with E-state index in [9.17, 15) is 4.79 Å². The Balaban J connectivity index is 2.15. The largest absolute Gasteiger partial charge is 0.481 e. The third kappa shape index (κ3) is 5.35. The number of hydrogen-bond donors (Lipinski definition) is 1. The molecule has 0 spiro atoms. The van der Waals surface area contributed by atoms with Crippen molar-refractivity contribution in [3.05, 3.63) is 59.2 Å². The number of hydrogen-bond acceptors (Lipinski definition) is 2. The van der Waals surface area contributed by atoms with E-state index >= 15 is 0 Å². The molecule has 0 heterocycles. The molecule has 0 aliphatic heterocycles. The number of carbonyl (C=O) groups excluding carboxylic acids is 1. The zero-order chi connectivity index (χ0) is 20.0. The monoisotopic (exact) mass is 367 g/mol. The van der Waals surface area contributed by atoms with Crippen LogP contribution in [-0.4, -0.2) is 12.0 Å². The maximum Gasteiger partial charge on any atom is 0.265 e. The Morgan fingerprint density at radius 1 is 0.963 bits per heavy atom. The molecule has 2 aromatic carbocycles. The number of para-hydroxylation sites is 1. The maximum absolute atomic E-state index is 12.9. The SMILES string of the molecule is CCc1cccc(CC)c1NC(=O)[C@@H](CC)Oc1ccc(C(C)(C)C)cc1. The van der Waals surface area contributed by atoms with E-state index in [2.05, 4.69) is 70.3 Å². The van der Waals surface area contributed by atoms with Gasteiger partial charge in [-0.2, -0.15) is 0 Å². The molecule has 0 saturated heterocycles. The summed E-state index contributed by atoms with van der Waals surface area (Å²) in [6.45, 7) is 12.7. The predicted molar refractivity (Wildman–Crippen MR) is 114 cm³/mol. The van der Waals surface area contributed by atoms with Crippen LogP contribution in [0.5, 0.6) is 5.75 Å². The van der Waals surface area contributed by atoms with Crippen LogP contribution in [0.25, 0.3) is 0 Å². The summed E-state index contributed by atoms with van der Waals surface area (Å²) in [7, 11) is 0. The second kappa shape index (κ2) is 9.07. The minimum Gasteiger partial charge on any atom is -0.481 e. The van der Waals surface area contributed by atoms with Crippen LogP contribution in [0.3, 0.4) is 0 Å². The van der Waals surface area contributed by atoms with Crippen molar-refractivity contribution >= 4 is 11.6 Å². The molecule has 0 saturated carbocycles. The topological polar surface area (TPSA) is 38.3 Å². The lowest BCUT2D eigenvalue weighted by atomic mass is 9.87. The summed E-state index contributed by atoms with van der Waals surface area (Å²) in [4.78, 5) is 12.9. The summed E-state index contributed by atoms with van der Waals surface area (Å²) in [5.74, 6) is 0.637. The van der Waals surface area contributed by atoms with Crippen LogP contribution in [0.15, 0.2) is 42.5 Å². The highest BCUT2D eigenvalue weighted by molar-refractivity contribution is 5.95. The first-order valence-electron chi connectivity index (χ1n) is 9.98. The van der Waals surface area contributed by atoms with E-state index in [-0.39, 0.29) is 11.3 Å². The number of aryl methyl sites for hydroxylation is 2. The highest BCUT2D eigenvalue weighted by Gasteiger charge is 2.21. The van der Waals surface area contributed by atoms with E-state index in [0.717, 1.165) is 35.4 Å². The first-order valence-corrected chi connectivity index (χ1v) is 9.98. The van der Waals surface area contributed by atoms with E-state index in [1.807, 2.05) is 19.1 Å². The van der Waals surface area contributed by atoms with Crippen molar-refractivity contribution in [3.63, 3.8) is 0 Å². The van der Waals surface area contributed by atoms with Crippen LogP contribution in [0, 0.1) is 0 Å². The van der Waals surface area contributed by atoms with E-state index in [1.165, 1.54) is 5.56 Å². The van der Waals surface area contributed by atoms with Gasteiger partial charge in [0.1, 0.15) is 5.75 Å². The van der Waals surface area contributed by atoms with Crippen molar-refractivity contribution < 1.29 is 9.53 Å². The van der Waals surface area contributed by atoms with Gasteiger partial charge in [-0.05, 0) is 53.5 Å². The van der Waals surface area contributed by atoms with E-state index < -0.39 is 6.10 Å². The molecule has 2 rings (SSSR count). The third-order valence-electron chi connectivity index (χ3n) is 4.91. The Bertz CT molecular complexity index is 735. The molecule has 1 amide bonds. The smallest absolute Gasteiger partial charge is 0.265 e. The van der Waals surface area contributed by atoms with E-state index in [4.69, 9.17) is 4.74 Å². The average Bonchev–Trinajstić information content (AvgIpc) is 2.65. The molecule has 2 aromatic rings. The second-order valence-corrected chi connectivity index (χ2v) is 7.94. The Morgan fingerprint density at radius 3 is 1.96 bits per heavy atom. The maximum atomic E-state index is 12.9. The molecule has 3 heteroatoms. The molecular formula is C24H33NO2. The van der Waals surface area contributed by atoms with E-state index in [0.29, 0.717) is 6.42 Å². The molecule has 0 radical (unpaired) electrons. The fourth-order valence-electron chi connectivity index (χ4n) is 3.13. The van der Waals surface area contributed by atoms with Gasteiger partial charge in [-0.15, -0.1) is 0 Å². The van der Waals surface area contributed by atoms with Crippen LogP contribution >= 0.6 is 0 Å². The summed E-state index contributed by atoms with van der Waals surface area (Å²) < 4.78 is 6.00. The number of ether oxygens (including phenoxy) is 1. The molecular weight excluding hydrogens is 334 g/mol. The lowest BCUT2D eigenvalue weighted by Crippen LogP contribution is -2.33. The molecule has 1 N–H and O–H groups in total. The van der Waals surface area contributed by atoms with Gasteiger partial charge in [0.25, 0.3) is 5.91 Å². The first-order chi connectivity index (χ1) is 12.8. The van der Waals surface area contributed by atoms with Gasteiger partial charge in [-0.1, -0.05) is 71.9 Å². The molecule has 0 fully saturated rings. The fourth-order valence-corrected chi connectivity index (χ4v) is 3.13. The van der Waals surface area contributed by atoms with Crippen molar-refractivity contribution in [2.24, 2.45) is 0 Å². The Kier molecular flexibility index (Phi) is 7.06. The van der Waals surface area contributed by atoms with Gasteiger partial charge in [0.15, 0.2) is 6.10 Å². The van der Waals surface area contributed by atoms with Crippen molar-refractivity contribution in [1.82, 2.24) is 0 Å². The summed E-state index contributed by atoms with van der Waals surface area (Å²) in [6, 6.07) is 14.2.